The van der Waals surface area contributed by atoms with Crippen LogP contribution < -0.4 is 11.3 Å². The van der Waals surface area contributed by atoms with Gasteiger partial charge in [-0.05, 0) is 49.1 Å². The summed E-state index contributed by atoms with van der Waals surface area (Å²) in [6.07, 6.45) is 0.704. The van der Waals surface area contributed by atoms with Crippen LogP contribution in [0.4, 0.5) is 4.39 Å². The van der Waals surface area contributed by atoms with Gasteiger partial charge in [-0.15, -0.1) is 0 Å². The van der Waals surface area contributed by atoms with Crippen molar-refractivity contribution < 1.29 is 4.39 Å². The molecule has 0 amide bonds. The highest BCUT2D eigenvalue weighted by Crippen LogP contribution is 2.27. The van der Waals surface area contributed by atoms with E-state index in [-0.39, 0.29) is 11.9 Å². The molecule has 0 aromatic heterocycles. The van der Waals surface area contributed by atoms with Crippen molar-refractivity contribution in [2.45, 2.75) is 26.3 Å². The van der Waals surface area contributed by atoms with Crippen molar-refractivity contribution in [3.05, 3.63) is 69.5 Å². The van der Waals surface area contributed by atoms with Gasteiger partial charge in [0.15, 0.2) is 0 Å². The summed E-state index contributed by atoms with van der Waals surface area (Å²) in [5.74, 6) is 5.30. The molecule has 2 aromatic rings. The third kappa shape index (κ3) is 3.37. The van der Waals surface area contributed by atoms with Gasteiger partial charge < -0.3 is 0 Å². The molecule has 0 saturated heterocycles. The normalized spacial score (nSPS) is 12.4. The fourth-order valence-electron chi connectivity index (χ4n) is 2.28. The Morgan fingerprint density at radius 3 is 2.60 bits per heavy atom. The first-order valence-electron chi connectivity index (χ1n) is 6.48. The Bertz CT molecular complexity index is 613. The molecule has 0 fully saturated rings. The molecule has 0 heterocycles. The Kier molecular flexibility index (Phi) is 4.76. The molecule has 2 aromatic carbocycles. The van der Waals surface area contributed by atoms with E-state index in [0.717, 1.165) is 5.56 Å². The number of benzene rings is 2. The lowest BCUT2D eigenvalue weighted by molar-refractivity contribution is 0.548. The minimum absolute atomic E-state index is 0.149. The second-order valence-corrected chi connectivity index (χ2v) is 5.43. The number of nitrogens with one attached hydrogen (secondary N) is 1. The first-order chi connectivity index (χ1) is 9.51. The molecule has 0 aliphatic rings. The van der Waals surface area contributed by atoms with Crippen LogP contribution in [0.15, 0.2) is 36.4 Å². The molecular weight excluding hydrogens is 275 g/mol. The zero-order valence-corrected chi connectivity index (χ0v) is 12.3. The predicted octanol–water partition coefficient (Wildman–Crippen LogP) is 3.84. The predicted molar refractivity (Wildman–Crippen MR) is 81.1 cm³/mol. The average molecular weight is 293 g/mol. The van der Waals surface area contributed by atoms with Crippen molar-refractivity contribution >= 4 is 11.6 Å². The summed E-state index contributed by atoms with van der Waals surface area (Å²) in [6.45, 7) is 4.12. The van der Waals surface area contributed by atoms with E-state index in [1.54, 1.807) is 6.07 Å². The van der Waals surface area contributed by atoms with Crippen LogP contribution in [-0.2, 0) is 6.42 Å². The Hall–Kier alpha value is -1.42. The van der Waals surface area contributed by atoms with E-state index < -0.39 is 0 Å². The van der Waals surface area contributed by atoms with Gasteiger partial charge in [-0.3, -0.25) is 11.3 Å². The molecule has 2 rings (SSSR count). The van der Waals surface area contributed by atoms with Gasteiger partial charge in [-0.25, -0.2) is 4.39 Å². The molecule has 0 aliphatic carbocycles. The molecule has 106 valence electrons. The Morgan fingerprint density at radius 1 is 1.20 bits per heavy atom. The Morgan fingerprint density at radius 2 is 1.95 bits per heavy atom. The van der Waals surface area contributed by atoms with Gasteiger partial charge in [-0.2, -0.15) is 0 Å². The number of halogens is 2. The number of nitrogens with two attached hydrogens (primary N) is 1. The maximum absolute atomic E-state index is 13.1. The molecule has 20 heavy (non-hydrogen) atoms. The van der Waals surface area contributed by atoms with Gasteiger partial charge >= 0.3 is 0 Å². The molecular formula is C16H18ClFN2. The van der Waals surface area contributed by atoms with Crippen LogP contribution in [0.1, 0.15) is 28.3 Å². The summed E-state index contributed by atoms with van der Waals surface area (Å²) in [5.41, 5.74) is 7.17. The van der Waals surface area contributed by atoms with Gasteiger partial charge in [0.1, 0.15) is 5.82 Å². The van der Waals surface area contributed by atoms with Gasteiger partial charge in [-0.1, -0.05) is 41.4 Å². The van der Waals surface area contributed by atoms with E-state index in [1.165, 1.54) is 28.8 Å². The van der Waals surface area contributed by atoms with E-state index in [1.807, 2.05) is 0 Å². The van der Waals surface area contributed by atoms with Crippen molar-refractivity contribution in [1.82, 2.24) is 5.43 Å². The molecule has 0 radical (unpaired) electrons. The van der Waals surface area contributed by atoms with E-state index in [4.69, 9.17) is 17.4 Å². The fraction of sp³-hybridized carbons (Fsp3) is 0.250. The smallest absolute Gasteiger partial charge is 0.124 e. The van der Waals surface area contributed by atoms with Crippen LogP contribution in [0.2, 0.25) is 5.02 Å². The highest BCUT2D eigenvalue weighted by molar-refractivity contribution is 6.31. The van der Waals surface area contributed by atoms with Crippen molar-refractivity contribution in [2.24, 2.45) is 5.84 Å². The molecule has 1 atom stereocenters. The molecule has 1 unspecified atom stereocenters. The number of hydrogen-bond acceptors (Lipinski definition) is 2. The zero-order chi connectivity index (χ0) is 14.7. The van der Waals surface area contributed by atoms with Crippen LogP contribution in [0, 0.1) is 19.7 Å². The number of aryl methyl sites for hydroxylation is 2. The summed E-state index contributed by atoms with van der Waals surface area (Å²) < 4.78 is 13.1. The molecule has 0 saturated carbocycles. The lowest BCUT2D eigenvalue weighted by Gasteiger charge is -2.19. The third-order valence-corrected chi connectivity index (χ3v) is 3.80. The minimum Gasteiger partial charge on any atom is -0.271 e. The third-order valence-electron chi connectivity index (χ3n) is 3.47. The zero-order valence-electron chi connectivity index (χ0n) is 11.6. The molecule has 3 N–H and O–H groups in total. The Labute approximate surface area is 123 Å². The number of hydrogen-bond donors (Lipinski definition) is 2. The van der Waals surface area contributed by atoms with Gasteiger partial charge in [0, 0.05) is 5.02 Å². The largest absolute Gasteiger partial charge is 0.271 e. The molecule has 0 spiro atoms. The molecule has 2 nitrogen and oxygen atoms in total. The number of hydrazine groups is 1. The summed E-state index contributed by atoms with van der Waals surface area (Å²) >= 11 is 6.10. The lowest BCUT2D eigenvalue weighted by Crippen LogP contribution is -2.30. The SMILES string of the molecule is Cc1ccc(C)c(CC(NN)c2ccc(F)cc2Cl)c1. The van der Waals surface area contributed by atoms with Crippen LogP contribution in [0.3, 0.4) is 0 Å². The second kappa shape index (κ2) is 6.35. The fourth-order valence-corrected chi connectivity index (χ4v) is 2.58. The maximum atomic E-state index is 13.1. The second-order valence-electron chi connectivity index (χ2n) is 5.02. The molecule has 0 bridgehead atoms. The lowest BCUT2D eigenvalue weighted by atomic mass is 9.95. The minimum atomic E-state index is -0.346. The summed E-state index contributed by atoms with van der Waals surface area (Å²) in [5, 5.41) is 0.387. The first-order valence-corrected chi connectivity index (χ1v) is 6.86. The molecule has 0 aliphatic heterocycles. The van der Waals surface area contributed by atoms with Gasteiger partial charge in [0.2, 0.25) is 0 Å². The van der Waals surface area contributed by atoms with Crippen LogP contribution in [-0.4, -0.2) is 0 Å². The van der Waals surface area contributed by atoms with Crippen molar-refractivity contribution in [2.75, 3.05) is 0 Å². The summed E-state index contributed by atoms with van der Waals surface area (Å²) in [6, 6.07) is 10.5. The Balaban J connectivity index is 2.31. The topological polar surface area (TPSA) is 38.0 Å². The van der Waals surface area contributed by atoms with E-state index in [9.17, 15) is 4.39 Å². The van der Waals surface area contributed by atoms with E-state index in [2.05, 4.69) is 37.5 Å². The maximum Gasteiger partial charge on any atom is 0.124 e. The van der Waals surface area contributed by atoms with Crippen LogP contribution in [0.5, 0.6) is 0 Å². The first kappa shape index (κ1) is 15.0. The highest BCUT2D eigenvalue weighted by atomic mass is 35.5. The van der Waals surface area contributed by atoms with E-state index in [0.29, 0.717) is 11.4 Å². The average Bonchev–Trinajstić information content (AvgIpc) is 2.40. The van der Waals surface area contributed by atoms with Gasteiger partial charge in [0.25, 0.3) is 0 Å². The summed E-state index contributed by atoms with van der Waals surface area (Å²) in [7, 11) is 0. The van der Waals surface area contributed by atoms with Crippen LogP contribution in [0.25, 0.3) is 0 Å². The van der Waals surface area contributed by atoms with Gasteiger partial charge in [0.05, 0.1) is 6.04 Å². The van der Waals surface area contributed by atoms with Crippen LogP contribution >= 0.6 is 11.6 Å². The monoisotopic (exact) mass is 292 g/mol. The van der Waals surface area contributed by atoms with Crippen molar-refractivity contribution in [3.8, 4) is 0 Å². The van der Waals surface area contributed by atoms with Crippen molar-refractivity contribution in [3.63, 3.8) is 0 Å². The standard InChI is InChI=1S/C16H18ClFN2/c1-10-3-4-11(2)12(7-10)8-16(20-19)14-6-5-13(18)9-15(14)17/h3-7,9,16,20H,8,19H2,1-2H3. The number of rotatable bonds is 4. The molecule has 4 heteroatoms. The van der Waals surface area contributed by atoms with E-state index >= 15 is 0 Å². The summed E-state index contributed by atoms with van der Waals surface area (Å²) in [4.78, 5) is 0. The highest BCUT2D eigenvalue weighted by Gasteiger charge is 2.15. The van der Waals surface area contributed by atoms with Crippen molar-refractivity contribution in [1.29, 1.82) is 0 Å². The quantitative estimate of drug-likeness (QED) is 0.664.